The van der Waals surface area contributed by atoms with Gasteiger partial charge in [0.05, 0.1) is 12.1 Å². The summed E-state index contributed by atoms with van der Waals surface area (Å²) in [6.07, 6.45) is 1.53. The SMILES string of the molecule is CCN(CC)S(=O)(=O)c1cc(C(=O)Nc2cccnc2Oc2ccc(OC)cc2)ccc1Cl. The van der Waals surface area contributed by atoms with Gasteiger partial charge in [-0.05, 0) is 54.6 Å². The lowest BCUT2D eigenvalue weighted by Crippen LogP contribution is -2.31. The molecule has 0 saturated carbocycles. The average molecular weight is 490 g/mol. The van der Waals surface area contributed by atoms with E-state index in [-0.39, 0.29) is 34.5 Å². The number of carbonyl (C=O) groups excluding carboxylic acids is 1. The Bertz CT molecular complexity index is 1230. The molecule has 0 saturated heterocycles. The van der Waals surface area contributed by atoms with E-state index in [4.69, 9.17) is 21.1 Å². The number of hydrogen-bond donors (Lipinski definition) is 1. The molecule has 1 amide bonds. The standard InChI is InChI=1S/C23H24ClN3O5S/c1-4-27(5-2)33(29,30)21-15-16(8-13-19(21)24)22(28)26-20-7-6-14-25-23(20)32-18-11-9-17(31-3)10-12-18/h6-15H,4-5H2,1-3H3,(H,26,28). The molecule has 3 aromatic rings. The third-order valence-corrected chi connectivity index (χ3v) is 7.34. The molecular formula is C23H24ClN3O5S. The molecule has 2 aromatic carbocycles. The van der Waals surface area contributed by atoms with Crippen molar-refractivity contribution in [3.8, 4) is 17.4 Å². The number of carbonyl (C=O) groups is 1. The molecule has 0 radical (unpaired) electrons. The van der Waals surface area contributed by atoms with Gasteiger partial charge < -0.3 is 14.8 Å². The van der Waals surface area contributed by atoms with E-state index in [1.54, 1.807) is 57.4 Å². The molecule has 0 fully saturated rings. The van der Waals surface area contributed by atoms with Gasteiger partial charge in [0.1, 0.15) is 22.1 Å². The largest absolute Gasteiger partial charge is 0.497 e. The van der Waals surface area contributed by atoms with Crippen molar-refractivity contribution in [1.29, 1.82) is 0 Å². The van der Waals surface area contributed by atoms with Crippen LogP contribution in [0, 0.1) is 0 Å². The molecular weight excluding hydrogens is 466 g/mol. The number of amides is 1. The monoisotopic (exact) mass is 489 g/mol. The second-order valence-electron chi connectivity index (χ2n) is 6.82. The van der Waals surface area contributed by atoms with Crippen molar-refractivity contribution >= 4 is 33.2 Å². The highest BCUT2D eigenvalue weighted by molar-refractivity contribution is 7.89. The summed E-state index contributed by atoms with van der Waals surface area (Å²) in [6.45, 7) is 4.04. The third-order valence-electron chi connectivity index (χ3n) is 4.81. The van der Waals surface area contributed by atoms with E-state index >= 15 is 0 Å². The molecule has 0 unspecified atom stereocenters. The highest BCUT2D eigenvalue weighted by Crippen LogP contribution is 2.30. The number of ether oxygens (including phenoxy) is 2. The summed E-state index contributed by atoms with van der Waals surface area (Å²) in [5, 5.41) is 2.77. The van der Waals surface area contributed by atoms with Gasteiger partial charge in [-0.2, -0.15) is 4.31 Å². The van der Waals surface area contributed by atoms with Gasteiger partial charge in [-0.3, -0.25) is 4.79 Å². The van der Waals surface area contributed by atoms with Crippen molar-refractivity contribution < 1.29 is 22.7 Å². The van der Waals surface area contributed by atoms with Crippen LogP contribution in [-0.4, -0.2) is 43.8 Å². The van der Waals surface area contributed by atoms with Crippen molar-refractivity contribution in [2.45, 2.75) is 18.7 Å². The highest BCUT2D eigenvalue weighted by Gasteiger charge is 2.26. The van der Waals surface area contributed by atoms with Crippen molar-refractivity contribution in [2.24, 2.45) is 0 Å². The van der Waals surface area contributed by atoms with Crippen LogP contribution >= 0.6 is 11.6 Å². The Morgan fingerprint density at radius 3 is 2.36 bits per heavy atom. The molecule has 174 valence electrons. The minimum atomic E-state index is -3.84. The van der Waals surface area contributed by atoms with Crippen molar-refractivity contribution in [2.75, 3.05) is 25.5 Å². The Morgan fingerprint density at radius 2 is 1.73 bits per heavy atom. The Kier molecular flexibility index (Phi) is 7.91. The number of methoxy groups -OCH3 is 1. The summed E-state index contributed by atoms with van der Waals surface area (Å²) in [6, 6.07) is 14.3. The maximum absolute atomic E-state index is 12.9. The van der Waals surface area contributed by atoms with E-state index in [0.29, 0.717) is 17.2 Å². The van der Waals surface area contributed by atoms with Crippen LogP contribution in [0.1, 0.15) is 24.2 Å². The van der Waals surface area contributed by atoms with E-state index in [9.17, 15) is 13.2 Å². The molecule has 0 aliphatic rings. The smallest absolute Gasteiger partial charge is 0.255 e. The lowest BCUT2D eigenvalue weighted by atomic mass is 10.2. The summed E-state index contributed by atoms with van der Waals surface area (Å²) >= 11 is 6.16. The number of nitrogens with zero attached hydrogens (tertiary/aromatic N) is 2. The van der Waals surface area contributed by atoms with Gasteiger partial charge in [0.15, 0.2) is 0 Å². The molecule has 0 aliphatic heterocycles. The zero-order valence-electron chi connectivity index (χ0n) is 18.4. The van der Waals surface area contributed by atoms with E-state index < -0.39 is 15.9 Å². The predicted octanol–water partition coefficient (Wildman–Crippen LogP) is 4.82. The van der Waals surface area contributed by atoms with E-state index in [0.717, 1.165) is 0 Å². The molecule has 1 aromatic heterocycles. The molecule has 0 spiro atoms. The van der Waals surface area contributed by atoms with Gasteiger partial charge in [0.25, 0.3) is 5.91 Å². The van der Waals surface area contributed by atoms with Crippen LogP contribution in [0.3, 0.4) is 0 Å². The summed E-state index contributed by atoms with van der Waals surface area (Å²) in [7, 11) is -2.27. The Balaban J connectivity index is 1.86. The van der Waals surface area contributed by atoms with E-state index in [1.807, 2.05) is 0 Å². The first-order valence-electron chi connectivity index (χ1n) is 10.2. The van der Waals surface area contributed by atoms with Crippen LogP contribution < -0.4 is 14.8 Å². The fourth-order valence-electron chi connectivity index (χ4n) is 3.06. The first-order chi connectivity index (χ1) is 15.8. The maximum atomic E-state index is 12.9. The van der Waals surface area contributed by atoms with Crippen molar-refractivity contribution in [3.63, 3.8) is 0 Å². The Morgan fingerprint density at radius 1 is 1.06 bits per heavy atom. The van der Waals surface area contributed by atoms with Crippen molar-refractivity contribution in [3.05, 3.63) is 71.4 Å². The first kappa shape index (κ1) is 24.5. The molecule has 10 heteroatoms. The van der Waals surface area contributed by atoms with E-state index in [1.165, 1.54) is 28.7 Å². The normalized spacial score (nSPS) is 11.3. The molecule has 3 rings (SSSR count). The lowest BCUT2D eigenvalue weighted by molar-refractivity contribution is 0.102. The number of halogens is 1. The zero-order chi connectivity index (χ0) is 24.0. The number of anilines is 1. The first-order valence-corrected chi connectivity index (χ1v) is 12.0. The number of rotatable bonds is 9. The van der Waals surface area contributed by atoms with Gasteiger partial charge in [-0.25, -0.2) is 13.4 Å². The average Bonchev–Trinajstić information content (AvgIpc) is 2.81. The molecule has 0 bridgehead atoms. The summed E-state index contributed by atoms with van der Waals surface area (Å²) in [5.41, 5.74) is 0.450. The highest BCUT2D eigenvalue weighted by atomic mass is 35.5. The lowest BCUT2D eigenvalue weighted by Gasteiger charge is -2.19. The number of hydrogen-bond acceptors (Lipinski definition) is 6. The van der Waals surface area contributed by atoms with Gasteiger partial charge in [-0.1, -0.05) is 25.4 Å². The van der Waals surface area contributed by atoms with Crippen LogP contribution in [0.4, 0.5) is 5.69 Å². The number of aromatic nitrogens is 1. The third kappa shape index (κ3) is 5.62. The minimum absolute atomic E-state index is 0.0448. The van der Waals surface area contributed by atoms with Crippen LogP contribution in [0.2, 0.25) is 5.02 Å². The van der Waals surface area contributed by atoms with Crippen LogP contribution in [0.25, 0.3) is 0 Å². The number of pyridine rings is 1. The van der Waals surface area contributed by atoms with Crippen LogP contribution in [-0.2, 0) is 10.0 Å². The molecule has 0 atom stereocenters. The molecule has 1 heterocycles. The van der Waals surface area contributed by atoms with E-state index in [2.05, 4.69) is 10.3 Å². The Labute approximate surface area is 198 Å². The van der Waals surface area contributed by atoms with Crippen molar-refractivity contribution in [1.82, 2.24) is 9.29 Å². The minimum Gasteiger partial charge on any atom is -0.497 e. The molecule has 1 N–H and O–H groups in total. The van der Waals surface area contributed by atoms with Crippen LogP contribution in [0.5, 0.6) is 17.4 Å². The zero-order valence-corrected chi connectivity index (χ0v) is 20.0. The predicted molar refractivity (Wildman–Crippen MR) is 127 cm³/mol. The second-order valence-corrected chi connectivity index (χ2v) is 9.14. The molecule has 8 nitrogen and oxygen atoms in total. The topological polar surface area (TPSA) is 97.8 Å². The van der Waals surface area contributed by atoms with Gasteiger partial charge in [-0.15, -0.1) is 0 Å². The second kappa shape index (κ2) is 10.7. The fraction of sp³-hybridized carbons (Fsp3) is 0.217. The van der Waals surface area contributed by atoms with Gasteiger partial charge >= 0.3 is 0 Å². The summed E-state index contributed by atoms with van der Waals surface area (Å²) in [4.78, 5) is 17.0. The van der Waals surface area contributed by atoms with Crippen LogP contribution in [0.15, 0.2) is 65.7 Å². The number of benzene rings is 2. The summed E-state index contributed by atoms with van der Waals surface area (Å²) in [5.74, 6) is 0.829. The molecule has 33 heavy (non-hydrogen) atoms. The quantitative estimate of drug-likeness (QED) is 0.462. The maximum Gasteiger partial charge on any atom is 0.255 e. The van der Waals surface area contributed by atoms with Gasteiger partial charge in [0, 0.05) is 24.8 Å². The number of sulfonamides is 1. The summed E-state index contributed by atoms with van der Waals surface area (Å²) < 4.78 is 38.1. The number of nitrogens with one attached hydrogen (secondary N) is 1. The van der Waals surface area contributed by atoms with Gasteiger partial charge in [0.2, 0.25) is 15.9 Å². The Hall–Kier alpha value is -3.14. The molecule has 0 aliphatic carbocycles. The fourth-order valence-corrected chi connectivity index (χ4v) is 5.02.